The summed E-state index contributed by atoms with van der Waals surface area (Å²) in [7, 11) is 1.62. The van der Waals surface area contributed by atoms with Gasteiger partial charge in [0.1, 0.15) is 0 Å². The highest BCUT2D eigenvalue weighted by Crippen LogP contribution is 2.32. The fourth-order valence-electron chi connectivity index (χ4n) is 2.76. The number of carbonyl (C=O) groups is 1. The molecule has 2 rings (SSSR count). The van der Waals surface area contributed by atoms with Crippen molar-refractivity contribution in [1.82, 2.24) is 5.32 Å². The summed E-state index contributed by atoms with van der Waals surface area (Å²) in [6.07, 6.45) is 1.16. The Bertz CT molecular complexity index is 478. The van der Waals surface area contributed by atoms with Crippen molar-refractivity contribution >= 4 is 11.6 Å². The molecule has 0 aromatic heterocycles. The Kier molecular flexibility index (Phi) is 5.59. The number of rotatable bonds is 5. The smallest absolute Gasteiger partial charge is 0.239 e. The van der Waals surface area contributed by atoms with Gasteiger partial charge < -0.3 is 20.1 Å². The summed E-state index contributed by atoms with van der Waals surface area (Å²) in [4.78, 5) is 14.2. The van der Waals surface area contributed by atoms with E-state index in [9.17, 15) is 9.90 Å². The molecule has 116 valence electrons. The number of hydrogen-bond donors (Lipinski definition) is 2. The topological polar surface area (TPSA) is 61.8 Å². The van der Waals surface area contributed by atoms with Gasteiger partial charge in [0.2, 0.25) is 5.91 Å². The molecule has 1 heterocycles. The van der Waals surface area contributed by atoms with E-state index >= 15 is 0 Å². The molecule has 21 heavy (non-hydrogen) atoms. The van der Waals surface area contributed by atoms with Gasteiger partial charge in [0, 0.05) is 30.9 Å². The van der Waals surface area contributed by atoms with Crippen molar-refractivity contribution in [3.63, 3.8) is 0 Å². The standard InChI is InChI=1S/C16H24N2O3/c1-12(11-21-2)17-16(20)10-18-9-5-8-15(19)13-6-3-4-7-14(13)18/h3-4,6-7,12,15,19H,5,8-11H2,1-2H3,(H,17,20). The number of fused-ring (bicyclic) bond motifs is 1. The highest BCUT2D eigenvalue weighted by Gasteiger charge is 2.22. The van der Waals surface area contributed by atoms with Gasteiger partial charge in [0.15, 0.2) is 0 Å². The number of nitrogens with zero attached hydrogens (tertiary/aromatic N) is 1. The van der Waals surface area contributed by atoms with Crippen molar-refractivity contribution in [1.29, 1.82) is 0 Å². The summed E-state index contributed by atoms with van der Waals surface area (Å²) < 4.78 is 5.02. The summed E-state index contributed by atoms with van der Waals surface area (Å²) in [6, 6.07) is 7.76. The van der Waals surface area contributed by atoms with Crippen molar-refractivity contribution in [2.45, 2.75) is 31.9 Å². The van der Waals surface area contributed by atoms with Crippen molar-refractivity contribution in [2.75, 3.05) is 31.7 Å². The van der Waals surface area contributed by atoms with Gasteiger partial charge in [-0.15, -0.1) is 0 Å². The number of nitrogens with one attached hydrogen (secondary N) is 1. The van der Waals surface area contributed by atoms with Crippen LogP contribution in [0.25, 0.3) is 0 Å². The number of methoxy groups -OCH3 is 1. The van der Waals surface area contributed by atoms with Gasteiger partial charge in [0.05, 0.1) is 19.3 Å². The van der Waals surface area contributed by atoms with E-state index in [1.54, 1.807) is 7.11 Å². The molecular weight excluding hydrogens is 268 g/mol. The lowest BCUT2D eigenvalue weighted by Crippen LogP contribution is -2.43. The predicted molar refractivity (Wildman–Crippen MR) is 82.3 cm³/mol. The third kappa shape index (κ3) is 4.19. The second-order valence-electron chi connectivity index (χ2n) is 5.56. The normalized spacial score (nSPS) is 19.6. The zero-order chi connectivity index (χ0) is 15.2. The van der Waals surface area contributed by atoms with Gasteiger partial charge in [-0.05, 0) is 25.8 Å². The molecule has 2 N–H and O–H groups in total. The van der Waals surface area contributed by atoms with Crippen LogP contribution in [-0.4, -0.2) is 43.9 Å². The minimum absolute atomic E-state index is 0.00434. The average molecular weight is 292 g/mol. The van der Waals surface area contributed by atoms with E-state index in [1.807, 2.05) is 36.1 Å². The van der Waals surface area contributed by atoms with E-state index < -0.39 is 6.10 Å². The zero-order valence-corrected chi connectivity index (χ0v) is 12.7. The van der Waals surface area contributed by atoms with E-state index in [2.05, 4.69) is 5.32 Å². The van der Waals surface area contributed by atoms with Crippen LogP contribution < -0.4 is 10.2 Å². The van der Waals surface area contributed by atoms with E-state index in [4.69, 9.17) is 4.74 Å². The van der Waals surface area contributed by atoms with Gasteiger partial charge >= 0.3 is 0 Å². The maximum absolute atomic E-state index is 12.1. The highest BCUT2D eigenvalue weighted by molar-refractivity contribution is 5.82. The van der Waals surface area contributed by atoms with Gasteiger partial charge in [-0.2, -0.15) is 0 Å². The first-order chi connectivity index (χ1) is 10.1. The maximum Gasteiger partial charge on any atom is 0.239 e. The molecule has 0 fully saturated rings. The lowest BCUT2D eigenvalue weighted by Gasteiger charge is -2.25. The number of aliphatic hydroxyl groups excluding tert-OH is 1. The van der Waals surface area contributed by atoms with Gasteiger partial charge in [-0.3, -0.25) is 4.79 Å². The average Bonchev–Trinajstić information content (AvgIpc) is 2.60. The molecule has 0 bridgehead atoms. The molecule has 5 heteroatoms. The first-order valence-corrected chi connectivity index (χ1v) is 7.42. The molecule has 1 aliphatic rings. The third-order valence-electron chi connectivity index (χ3n) is 3.70. The van der Waals surface area contributed by atoms with E-state index in [0.29, 0.717) is 13.2 Å². The van der Waals surface area contributed by atoms with Crippen LogP contribution in [-0.2, 0) is 9.53 Å². The van der Waals surface area contributed by atoms with Gasteiger partial charge in [-0.1, -0.05) is 18.2 Å². The van der Waals surface area contributed by atoms with Gasteiger partial charge in [0.25, 0.3) is 0 Å². The molecule has 2 atom stereocenters. The number of hydrogen-bond acceptors (Lipinski definition) is 4. The van der Waals surface area contributed by atoms with Crippen molar-refractivity contribution in [2.24, 2.45) is 0 Å². The Morgan fingerprint density at radius 1 is 1.52 bits per heavy atom. The lowest BCUT2D eigenvalue weighted by atomic mass is 10.0. The molecule has 0 radical (unpaired) electrons. The molecule has 1 amide bonds. The zero-order valence-electron chi connectivity index (χ0n) is 12.7. The largest absolute Gasteiger partial charge is 0.388 e. The quantitative estimate of drug-likeness (QED) is 0.863. The number of anilines is 1. The van der Waals surface area contributed by atoms with Crippen molar-refractivity contribution < 1.29 is 14.6 Å². The second kappa shape index (κ2) is 7.43. The van der Waals surface area contributed by atoms with Crippen LogP contribution in [0.3, 0.4) is 0 Å². The number of para-hydroxylation sites is 1. The minimum atomic E-state index is -0.443. The van der Waals surface area contributed by atoms with Crippen LogP contribution in [0.5, 0.6) is 0 Å². The summed E-state index contributed by atoms with van der Waals surface area (Å²) in [6.45, 7) is 3.50. The number of amides is 1. The van der Waals surface area contributed by atoms with Crippen LogP contribution in [0.4, 0.5) is 5.69 Å². The maximum atomic E-state index is 12.1. The summed E-state index contributed by atoms with van der Waals surface area (Å²) in [5.41, 5.74) is 1.87. The van der Waals surface area contributed by atoms with E-state index in [1.165, 1.54) is 0 Å². The molecule has 2 unspecified atom stereocenters. The fraction of sp³-hybridized carbons (Fsp3) is 0.562. The molecule has 5 nitrogen and oxygen atoms in total. The predicted octanol–water partition coefficient (Wildman–Crippen LogP) is 1.47. The van der Waals surface area contributed by atoms with Gasteiger partial charge in [-0.25, -0.2) is 0 Å². The van der Waals surface area contributed by atoms with Crippen LogP contribution in [0.15, 0.2) is 24.3 Å². The van der Waals surface area contributed by atoms with E-state index in [-0.39, 0.29) is 11.9 Å². The molecule has 0 aliphatic carbocycles. The molecule has 0 spiro atoms. The third-order valence-corrected chi connectivity index (χ3v) is 3.70. The molecule has 1 aliphatic heterocycles. The number of benzene rings is 1. The Morgan fingerprint density at radius 2 is 2.29 bits per heavy atom. The Balaban J connectivity index is 2.06. The molecule has 1 aromatic carbocycles. The monoisotopic (exact) mass is 292 g/mol. The summed E-state index contributed by atoms with van der Waals surface area (Å²) in [5.74, 6) is -0.0225. The van der Waals surface area contributed by atoms with E-state index in [0.717, 1.165) is 30.6 Å². The number of aliphatic hydroxyl groups is 1. The van der Waals surface area contributed by atoms with Crippen molar-refractivity contribution in [3.05, 3.63) is 29.8 Å². The minimum Gasteiger partial charge on any atom is -0.388 e. The first-order valence-electron chi connectivity index (χ1n) is 7.42. The Labute approximate surface area is 125 Å². The number of ether oxygens (including phenoxy) is 1. The fourth-order valence-corrected chi connectivity index (χ4v) is 2.76. The molecular formula is C16H24N2O3. The summed E-state index contributed by atoms with van der Waals surface area (Å²) in [5, 5.41) is 13.1. The summed E-state index contributed by atoms with van der Waals surface area (Å²) >= 11 is 0. The number of carbonyl (C=O) groups excluding carboxylic acids is 1. The first kappa shape index (κ1) is 15.8. The van der Waals surface area contributed by atoms with Crippen LogP contribution in [0, 0.1) is 0 Å². The SMILES string of the molecule is COCC(C)NC(=O)CN1CCCC(O)c2ccccc21. The molecule has 0 saturated heterocycles. The Hall–Kier alpha value is -1.59. The molecule has 0 saturated carbocycles. The van der Waals surface area contributed by atoms with Crippen LogP contribution in [0.2, 0.25) is 0 Å². The Morgan fingerprint density at radius 3 is 3.05 bits per heavy atom. The lowest BCUT2D eigenvalue weighted by molar-refractivity contribution is -0.120. The second-order valence-corrected chi connectivity index (χ2v) is 5.56. The highest BCUT2D eigenvalue weighted by atomic mass is 16.5. The van der Waals surface area contributed by atoms with Crippen molar-refractivity contribution in [3.8, 4) is 0 Å². The van der Waals surface area contributed by atoms with Crippen LogP contribution >= 0.6 is 0 Å². The molecule has 1 aromatic rings. The van der Waals surface area contributed by atoms with Crippen LogP contribution in [0.1, 0.15) is 31.4 Å².